The van der Waals surface area contributed by atoms with Crippen LogP contribution >= 0.6 is 10.7 Å². The molecular formula is C12H18ClN3O3S. The van der Waals surface area contributed by atoms with E-state index in [0.717, 1.165) is 0 Å². The van der Waals surface area contributed by atoms with E-state index in [-0.39, 0.29) is 10.6 Å². The van der Waals surface area contributed by atoms with Crippen molar-refractivity contribution in [3.05, 3.63) is 11.4 Å². The number of amides is 1. The minimum Gasteiger partial charge on any atom is -0.350 e. The smallest absolute Gasteiger partial charge is 0.273 e. The van der Waals surface area contributed by atoms with Crippen LogP contribution in [0.4, 0.5) is 0 Å². The maximum atomic E-state index is 12.1. The number of carbonyl (C=O) groups is 1. The number of nitrogens with one attached hydrogen (secondary N) is 2. The summed E-state index contributed by atoms with van der Waals surface area (Å²) in [7, 11) is 1.39. The van der Waals surface area contributed by atoms with Gasteiger partial charge < -0.3 is 5.32 Å². The third kappa shape index (κ3) is 3.32. The summed E-state index contributed by atoms with van der Waals surface area (Å²) < 4.78 is 23.2. The van der Waals surface area contributed by atoms with E-state index in [0.29, 0.717) is 30.5 Å². The van der Waals surface area contributed by atoms with Crippen molar-refractivity contribution in [1.29, 1.82) is 0 Å². The number of halogens is 1. The normalized spacial score (nSPS) is 16.9. The van der Waals surface area contributed by atoms with E-state index in [1.165, 1.54) is 12.8 Å². The summed E-state index contributed by atoms with van der Waals surface area (Å²) >= 11 is 0. The molecule has 112 valence electrons. The molecule has 0 bridgehead atoms. The Bertz CT molecular complexity index is 607. The second-order valence-electron chi connectivity index (χ2n) is 5.20. The quantitative estimate of drug-likeness (QED) is 0.780. The van der Waals surface area contributed by atoms with Crippen molar-refractivity contribution in [1.82, 2.24) is 15.5 Å². The van der Waals surface area contributed by atoms with Gasteiger partial charge in [-0.15, -0.1) is 0 Å². The van der Waals surface area contributed by atoms with Gasteiger partial charge in [0.1, 0.15) is 4.90 Å². The van der Waals surface area contributed by atoms with Gasteiger partial charge in [-0.2, -0.15) is 5.10 Å². The van der Waals surface area contributed by atoms with Crippen LogP contribution in [0.15, 0.2) is 4.90 Å². The third-order valence-corrected chi connectivity index (χ3v) is 5.01. The number of nitrogens with zero attached hydrogens (tertiary/aromatic N) is 1. The van der Waals surface area contributed by atoms with Gasteiger partial charge in [0.25, 0.3) is 15.0 Å². The summed E-state index contributed by atoms with van der Waals surface area (Å²) in [6.07, 6.45) is 2.79. The van der Waals surface area contributed by atoms with Crippen LogP contribution < -0.4 is 5.32 Å². The molecule has 1 saturated carbocycles. The first kappa shape index (κ1) is 15.3. The maximum absolute atomic E-state index is 12.1. The number of aryl methyl sites for hydroxylation is 1. The van der Waals surface area contributed by atoms with Crippen LogP contribution in [0.5, 0.6) is 0 Å². The number of H-pyrrole nitrogens is 1. The van der Waals surface area contributed by atoms with Crippen molar-refractivity contribution >= 4 is 25.6 Å². The molecule has 0 spiro atoms. The van der Waals surface area contributed by atoms with Gasteiger partial charge in [0.2, 0.25) is 0 Å². The highest BCUT2D eigenvalue weighted by atomic mass is 35.7. The SMILES string of the molecule is CCc1[nH]nc(C(=O)NCC(C)C2CC2)c1S(=O)(=O)Cl. The number of hydrogen-bond acceptors (Lipinski definition) is 4. The lowest BCUT2D eigenvalue weighted by atomic mass is 10.1. The van der Waals surface area contributed by atoms with Crippen LogP contribution in [0.1, 0.15) is 42.9 Å². The molecule has 1 atom stereocenters. The molecule has 0 radical (unpaired) electrons. The fraction of sp³-hybridized carbons (Fsp3) is 0.667. The van der Waals surface area contributed by atoms with Crippen LogP contribution in [-0.2, 0) is 15.5 Å². The molecule has 2 N–H and O–H groups in total. The van der Waals surface area contributed by atoms with Crippen molar-refractivity contribution in [2.24, 2.45) is 11.8 Å². The average molecular weight is 320 g/mol. The van der Waals surface area contributed by atoms with Gasteiger partial charge in [0.05, 0.1) is 5.69 Å². The zero-order valence-corrected chi connectivity index (χ0v) is 13.0. The molecule has 1 unspecified atom stereocenters. The van der Waals surface area contributed by atoms with Crippen LogP contribution in [0.3, 0.4) is 0 Å². The Hall–Kier alpha value is -1.08. The first-order chi connectivity index (χ1) is 9.34. The van der Waals surface area contributed by atoms with E-state index in [2.05, 4.69) is 22.4 Å². The molecule has 6 nitrogen and oxygen atoms in total. The second kappa shape index (κ2) is 5.73. The van der Waals surface area contributed by atoms with E-state index in [1.54, 1.807) is 6.92 Å². The molecule has 0 saturated heterocycles. The lowest BCUT2D eigenvalue weighted by molar-refractivity contribution is 0.0938. The molecule has 1 aromatic heterocycles. The highest BCUT2D eigenvalue weighted by molar-refractivity contribution is 8.13. The lowest BCUT2D eigenvalue weighted by Crippen LogP contribution is -2.30. The molecule has 1 heterocycles. The van der Waals surface area contributed by atoms with Crippen molar-refractivity contribution in [3.8, 4) is 0 Å². The van der Waals surface area contributed by atoms with E-state index in [4.69, 9.17) is 10.7 Å². The Kier molecular flexibility index (Phi) is 4.39. The predicted molar refractivity (Wildman–Crippen MR) is 75.2 cm³/mol. The highest BCUT2D eigenvalue weighted by Gasteiger charge is 2.30. The van der Waals surface area contributed by atoms with Gasteiger partial charge in [-0.3, -0.25) is 9.89 Å². The van der Waals surface area contributed by atoms with Gasteiger partial charge >= 0.3 is 0 Å². The molecule has 1 amide bonds. The Labute approximate surface area is 122 Å². The van der Waals surface area contributed by atoms with Crippen molar-refractivity contribution < 1.29 is 13.2 Å². The van der Waals surface area contributed by atoms with Gasteiger partial charge in [-0.1, -0.05) is 13.8 Å². The van der Waals surface area contributed by atoms with Crippen LogP contribution in [0.2, 0.25) is 0 Å². The molecule has 0 aromatic carbocycles. The molecule has 1 aromatic rings. The van der Waals surface area contributed by atoms with Gasteiger partial charge in [-0.25, -0.2) is 8.42 Å². The number of aromatic amines is 1. The van der Waals surface area contributed by atoms with Crippen molar-refractivity contribution in [2.75, 3.05) is 6.54 Å². The fourth-order valence-electron chi connectivity index (χ4n) is 2.19. The van der Waals surface area contributed by atoms with E-state index < -0.39 is 15.0 Å². The minimum absolute atomic E-state index is 0.153. The summed E-state index contributed by atoms with van der Waals surface area (Å²) in [6.45, 7) is 4.34. The Balaban J connectivity index is 2.15. The summed E-state index contributed by atoms with van der Waals surface area (Å²) in [5, 5.41) is 9.08. The molecule has 20 heavy (non-hydrogen) atoms. The highest BCUT2D eigenvalue weighted by Crippen LogP contribution is 2.36. The van der Waals surface area contributed by atoms with Gasteiger partial charge in [-0.05, 0) is 31.1 Å². The number of carbonyl (C=O) groups excluding carboxylic acids is 1. The molecule has 8 heteroatoms. The standard InChI is InChI=1S/C12H18ClN3O3S/c1-3-9-11(20(13,18)19)10(16-15-9)12(17)14-6-7(2)8-4-5-8/h7-8H,3-6H2,1-2H3,(H,14,17)(H,15,16). The molecular weight excluding hydrogens is 302 g/mol. The number of hydrogen-bond donors (Lipinski definition) is 2. The first-order valence-electron chi connectivity index (χ1n) is 6.64. The minimum atomic E-state index is -4.00. The van der Waals surface area contributed by atoms with E-state index in [1.807, 2.05) is 0 Å². The van der Waals surface area contributed by atoms with Crippen LogP contribution in [0.25, 0.3) is 0 Å². The predicted octanol–water partition coefficient (Wildman–Crippen LogP) is 1.68. The van der Waals surface area contributed by atoms with Gasteiger partial charge in [0.15, 0.2) is 5.69 Å². The Morgan fingerprint density at radius 2 is 2.20 bits per heavy atom. The molecule has 0 aliphatic heterocycles. The Morgan fingerprint density at radius 1 is 1.55 bits per heavy atom. The summed E-state index contributed by atoms with van der Waals surface area (Å²) in [6, 6.07) is 0. The van der Waals surface area contributed by atoms with Crippen molar-refractivity contribution in [2.45, 2.75) is 38.0 Å². The van der Waals surface area contributed by atoms with Gasteiger partial charge in [0, 0.05) is 17.2 Å². The fourth-order valence-corrected chi connectivity index (χ4v) is 3.55. The van der Waals surface area contributed by atoms with E-state index >= 15 is 0 Å². The van der Waals surface area contributed by atoms with Crippen LogP contribution in [0, 0.1) is 11.8 Å². The third-order valence-electron chi connectivity index (χ3n) is 3.62. The van der Waals surface area contributed by atoms with Crippen molar-refractivity contribution in [3.63, 3.8) is 0 Å². The van der Waals surface area contributed by atoms with E-state index in [9.17, 15) is 13.2 Å². The molecule has 1 aliphatic rings. The molecule has 1 fully saturated rings. The summed E-state index contributed by atoms with van der Waals surface area (Å²) in [4.78, 5) is 11.9. The maximum Gasteiger partial charge on any atom is 0.273 e. The Morgan fingerprint density at radius 3 is 2.70 bits per heavy atom. The molecule has 2 rings (SSSR count). The second-order valence-corrected chi connectivity index (χ2v) is 7.70. The summed E-state index contributed by atoms with van der Waals surface area (Å²) in [5.41, 5.74) is 0.195. The lowest BCUT2D eigenvalue weighted by Gasteiger charge is -2.10. The topological polar surface area (TPSA) is 91.9 Å². The van der Waals surface area contributed by atoms with Crippen LogP contribution in [-0.4, -0.2) is 31.1 Å². The molecule has 1 aliphatic carbocycles. The largest absolute Gasteiger partial charge is 0.350 e. The zero-order valence-electron chi connectivity index (χ0n) is 11.4. The number of aromatic nitrogens is 2. The average Bonchev–Trinajstić information content (AvgIpc) is 3.12. The first-order valence-corrected chi connectivity index (χ1v) is 8.95. The number of rotatable bonds is 6. The summed E-state index contributed by atoms with van der Waals surface area (Å²) in [5.74, 6) is 0.546. The zero-order chi connectivity index (χ0) is 14.9. The monoisotopic (exact) mass is 319 g/mol.